The standard InChI is InChI=1S/C13H13NO4S2/c1-2-5-18-11(15)8-14-12(16)10(20-13(14)19)7-9-4-3-6-17-9/h3-4,6-7H,2,5,8H2,1H3/b10-7-. The van der Waals surface area contributed by atoms with Crippen molar-refractivity contribution in [2.75, 3.05) is 13.2 Å². The van der Waals surface area contributed by atoms with Gasteiger partial charge in [0.25, 0.3) is 5.91 Å². The Kier molecular flexibility index (Phi) is 4.97. The smallest absolute Gasteiger partial charge is 0.326 e. The second-order valence-corrected chi connectivity index (χ2v) is 5.68. The van der Waals surface area contributed by atoms with Crippen molar-refractivity contribution in [3.05, 3.63) is 29.1 Å². The van der Waals surface area contributed by atoms with E-state index in [9.17, 15) is 9.59 Å². The van der Waals surface area contributed by atoms with Gasteiger partial charge >= 0.3 is 5.97 Å². The van der Waals surface area contributed by atoms with Crippen LogP contribution in [0, 0.1) is 0 Å². The molecule has 0 saturated carbocycles. The SMILES string of the molecule is CCCOC(=O)CN1C(=O)/C(=C/c2ccco2)SC1=S. The van der Waals surface area contributed by atoms with E-state index < -0.39 is 5.97 Å². The number of thiocarbonyl (C=S) groups is 1. The molecule has 0 radical (unpaired) electrons. The number of ether oxygens (including phenoxy) is 1. The summed E-state index contributed by atoms with van der Waals surface area (Å²) in [5.41, 5.74) is 0. The van der Waals surface area contributed by atoms with Gasteiger partial charge < -0.3 is 9.15 Å². The average molecular weight is 311 g/mol. The maximum absolute atomic E-state index is 12.2. The molecule has 1 aromatic rings. The van der Waals surface area contributed by atoms with Gasteiger partial charge in [-0.05, 0) is 18.6 Å². The summed E-state index contributed by atoms with van der Waals surface area (Å²) in [6.07, 6.45) is 3.87. The zero-order chi connectivity index (χ0) is 14.5. The minimum absolute atomic E-state index is 0.153. The van der Waals surface area contributed by atoms with E-state index in [-0.39, 0.29) is 12.5 Å². The third-order valence-electron chi connectivity index (χ3n) is 2.44. The first kappa shape index (κ1) is 14.8. The van der Waals surface area contributed by atoms with Crippen molar-refractivity contribution in [1.29, 1.82) is 0 Å². The van der Waals surface area contributed by atoms with Gasteiger partial charge in [0.1, 0.15) is 16.6 Å². The van der Waals surface area contributed by atoms with Crippen molar-refractivity contribution in [1.82, 2.24) is 4.90 Å². The molecule has 1 aromatic heterocycles. The van der Waals surface area contributed by atoms with Gasteiger partial charge in [-0.2, -0.15) is 0 Å². The van der Waals surface area contributed by atoms with Crippen molar-refractivity contribution < 1.29 is 18.7 Å². The number of carbonyl (C=O) groups is 2. The van der Waals surface area contributed by atoms with E-state index in [1.54, 1.807) is 18.2 Å². The van der Waals surface area contributed by atoms with Crippen LogP contribution >= 0.6 is 24.0 Å². The topological polar surface area (TPSA) is 59.8 Å². The molecule has 1 fully saturated rings. The molecule has 106 valence electrons. The van der Waals surface area contributed by atoms with Crippen molar-refractivity contribution in [2.45, 2.75) is 13.3 Å². The van der Waals surface area contributed by atoms with Crippen LogP contribution in [0.15, 0.2) is 27.7 Å². The van der Waals surface area contributed by atoms with E-state index in [2.05, 4.69) is 0 Å². The molecule has 0 bridgehead atoms. The third-order valence-corrected chi connectivity index (χ3v) is 3.82. The van der Waals surface area contributed by atoms with Crippen molar-refractivity contribution >= 4 is 46.3 Å². The second-order valence-electron chi connectivity index (χ2n) is 4.00. The van der Waals surface area contributed by atoms with Crippen LogP contribution in [-0.2, 0) is 14.3 Å². The fourth-order valence-electron chi connectivity index (χ4n) is 1.53. The lowest BCUT2D eigenvalue weighted by Crippen LogP contribution is -2.34. The van der Waals surface area contributed by atoms with Gasteiger partial charge in [-0.3, -0.25) is 14.5 Å². The summed E-state index contributed by atoms with van der Waals surface area (Å²) in [7, 11) is 0. The molecule has 1 aliphatic heterocycles. The zero-order valence-electron chi connectivity index (χ0n) is 10.8. The molecule has 0 atom stereocenters. The van der Waals surface area contributed by atoms with Gasteiger partial charge in [-0.25, -0.2) is 0 Å². The van der Waals surface area contributed by atoms with Crippen LogP contribution in [0.5, 0.6) is 0 Å². The molecule has 1 saturated heterocycles. The Balaban J connectivity index is 2.04. The maximum Gasteiger partial charge on any atom is 0.326 e. The highest BCUT2D eigenvalue weighted by Crippen LogP contribution is 2.32. The van der Waals surface area contributed by atoms with Gasteiger partial charge in [0, 0.05) is 6.08 Å². The molecule has 2 heterocycles. The first-order valence-corrected chi connectivity index (χ1v) is 7.28. The molecule has 0 aromatic carbocycles. The van der Waals surface area contributed by atoms with Crippen LogP contribution in [0.2, 0.25) is 0 Å². The lowest BCUT2D eigenvalue weighted by molar-refractivity contribution is -0.146. The number of hydrogen-bond acceptors (Lipinski definition) is 6. The van der Waals surface area contributed by atoms with Gasteiger partial charge in [0.2, 0.25) is 0 Å². The predicted octanol–water partition coefficient (Wildman–Crippen LogP) is 2.43. The first-order chi connectivity index (χ1) is 9.61. The van der Waals surface area contributed by atoms with Gasteiger partial charge in [-0.15, -0.1) is 0 Å². The Hall–Kier alpha value is -1.60. The lowest BCUT2D eigenvalue weighted by atomic mass is 10.3. The van der Waals surface area contributed by atoms with E-state index in [0.717, 1.165) is 18.2 Å². The molecule has 7 heteroatoms. The number of amides is 1. The molecule has 1 aliphatic rings. The van der Waals surface area contributed by atoms with E-state index in [1.807, 2.05) is 6.92 Å². The largest absolute Gasteiger partial charge is 0.465 e. The number of furan rings is 1. The molecule has 0 aliphatic carbocycles. The molecule has 20 heavy (non-hydrogen) atoms. The van der Waals surface area contributed by atoms with Crippen LogP contribution in [0.3, 0.4) is 0 Å². The van der Waals surface area contributed by atoms with Crippen molar-refractivity contribution in [3.63, 3.8) is 0 Å². The Labute approximate surface area is 125 Å². The Morgan fingerprint density at radius 2 is 2.40 bits per heavy atom. The summed E-state index contributed by atoms with van der Waals surface area (Å²) < 4.78 is 10.5. The highest BCUT2D eigenvalue weighted by Gasteiger charge is 2.33. The molecule has 5 nitrogen and oxygen atoms in total. The van der Waals surface area contributed by atoms with Crippen LogP contribution < -0.4 is 0 Å². The fraction of sp³-hybridized carbons (Fsp3) is 0.308. The number of rotatable bonds is 5. The number of carbonyl (C=O) groups excluding carboxylic acids is 2. The summed E-state index contributed by atoms with van der Waals surface area (Å²) in [5, 5.41) is 0. The maximum atomic E-state index is 12.2. The van der Waals surface area contributed by atoms with E-state index in [4.69, 9.17) is 21.4 Å². The highest BCUT2D eigenvalue weighted by molar-refractivity contribution is 8.26. The van der Waals surface area contributed by atoms with Crippen LogP contribution in [0.1, 0.15) is 19.1 Å². The minimum Gasteiger partial charge on any atom is -0.465 e. The normalized spacial score (nSPS) is 17.1. The Morgan fingerprint density at radius 3 is 3.05 bits per heavy atom. The molecule has 0 N–H and O–H groups in total. The lowest BCUT2D eigenvalue weighted by Gasteiger charge is -2.13. The third kappa shape index (κ3) is 3.49. The van der Waals surface area contributed by atoms with Crippen LogP contribution in [0.25, 0.3) is 6.08 Å². The minimum atomic E-state index is -0.456. The second kappa shape index (κ2) is 6.71. The van der Waals surface area contributed by atoms with Crippen LogP contribution in [0.4, 0.5) is 0 Å². The van der Waals surface area contributed by atoms with E-state index in [0.29, 0.717) is 21.6 Å². The monoisotopic (exact) mass is 311 g/mol. The highest BCUT2D eigenvalue weighted by atomic mass is 32.2. The molecular weight excluding hydrogens is 298 g/mol. The molecule has 0 spiro atoms. The van der Waals surface area contributed by atoms with Gasteiger partial charge in [0.05, 0.1) is 17.8 Å². The Morgan fingerprint density at radius 1 is 1.60 bits per heavy atom. The Bertz CT molecular complexity index is 551. The van der Waals surface area contributed by atoms with Crippen molar-refractivity contribution in [2.24, 2.45) is 0 Å². The molecular formula is C13H13NO4S2. The average Bonchev–Trinajstić information content (AvgIpc) is 3.01. The summed E-state index contributed by atoms with van der Waals surface area (Å²) in [6.45, 7) is 2.09. The number of nitrogens with zero attached hydrogens (tertiary/aromatic N) is 1. The quantitative estimate of drug-likeness (QED) is 0.473. The number of thioether (sulfide) groups is 1. The fourth-order valence-corrected chi connectivity index (χ4v) is 2.76. The zero-order valence-corrected chi connectivity index (χ0v) is 12.5. The van der Waals surface area contributed by atoms with Gasteiger partial charge in [0.15, 0.2) is 0 Å². The predicted molar refractivity (Wildman–Crippen MR) is 79.8 cm³/mol. The summed E-state index contributed by atoms with van der Waals surface area (Å²) >= 11 is 6.26. The van der Waals surface area contributed by atoms with E-state index >= 15 is 0 Å². The van der Waals surface area contributed by atoms with Gasteiger partial charge in [-0.1, -0.05) is 30.9 Å². The summed E-state index contributed by atoms with van der Waals surface area (Å²) in [4.78, 5) is 25.4. The van der Waals surface area contributed by atoms with Crippen LogP contribution in [-0.4, -0.2) is 34.2 Å². The number of esters is 1. The van der Waals surface area contributed by atoms with Crippen molar-refractivity contribution in [3.8, 4) is 0 Å². The van der Waals surface area contributed by atoms with E-state index in [1.165, 1.54) is 11.2 Å². The first-order valence-electron chi connectivity index (χ1n) is 6.06. The molecule has 2 rings (SSSR count). The summed E-state index contributed by atoms with van der Waals surface area (Å²) in [6, 6.07) is 3.47. The number of hydrogen-bond donors (Lipinski definition) is 0. The summed E-state index contributed by atoms with van der Waals surface area (Å²) in [5.74, 6) is -0.189. The molecule has 0 unspecified atom stereocenters. The molecule has 1 amide bonds.